The number of nitrogens with one attached hydrogen (secondary N) is 1. The lowest BCUT2D eigenvalue weighted by Crippen LogP contribution is -2.41. The van der Waals surface area contributed by atoms with Gasteiger partial charge in [0.2, 0.25) is 11.8 Å². The molecule has 2 atom stereocenters. The number of anilines is 2. The molecule has 3 amide bonds. The smallest absolute Gasteiger partial charge is 0.340 e. The fraction of sp³-hybridized carbons (Fsp3) is 0.216. The predicted octanol–water partition coefficient (Wildman–Crippen LogP) is 5.45. The van der Waals surface area contributed by atoms with E-state index in [1.807, 2.05) is 55.5 Å². The van der Waals surface area contributed by atoms with Crippen molar-refractivity contribution < 1.29 is 33.4 Å². The lowest BCUT2D eigenvalue weighted by Gasteiger charge is -2.45. The second kappa shape index (κ2) is 11.7. The van der Waals surface area contributed by atoms with Crippen molar-refractivity contribution in [2.24, 2.45) is 11.8 Å². The van der Waals surface area contributed by atoms with Crippen molar-refractivity contribution in [3.05, 3.63) is 130 Å². The van der Waals surface area contributed by atoms with Crippen molar-refractivity contribution in [2.75, 3.05) is 23.4 Å². The zero-order valence-corrected chi connectivity index (χ0v) is 25.0. The molecule has 46 heavy (non-hydrogen) atoms. The third-order valence-electron chi connectivity index (χ3n) is 8.99. The molecule has 1 fully saturated rings. The lowest BCUT2D eigenvalue weighted by molar-refractivity contribution is -0.122. The summed E-state index contributed by atoms with van der Waals surface area (Å²) >= 11 is 0. The van der Waals surface area contributed by atoms with Crippen LogP contribution >= 0.6 is 0 Å². The highest BCUT2D eigenvalue weighted by Gasteiger charge is 2.62. The monoisotopic (exact) mass is 614 g/mol. The minimum Gasteiger partial charge on any atom is -0.462 e. The minimum atomic E-state index is -0.843. The number of esters is 2. The third kappa shape index (κ3) is 4.75. The summed E-state index contributed by atoms with van der Waals surface area (Å²) in [4.78, 5) is 67.4. The first-order valence-electron chi connectivity index (χ1n) is 15.3. The SMILES string of the molecule is CCCOC(=O)c1ccc(NC(=O)COC(=O)c2ccccc2N2C(=O)[C@@H]3C4c5ccccc5C(c5ccccc54)[C@H]3C2=O)cc1. The fourth-order valence-corrected chi connectivity index (χ4v) is 7.13. The van der Waals surface area contributed by atoms with Gasteiger partial charge < -0.3 is 14.8 Å². The van der Waals surface area contributed by atoms with Crippen molar-refractivity contribution in [2.45, 2.75) is 25.2 Å². The largest absolute Gasteiger partial charge is 0.462 e. The Balaban J connectivity index is 1.09. The molecule has 1 N–H and O–H groups in total. The number of hydrogen-bond acceptors (Lipinski definition) is 7. The van der Waals surface area contributed by atoms with Crippen molar-refractivity contribution in [1.82, 2.24) is 0 Å². The summed E-state index contributed by atoms with van der Waals surface area (Å²) in [7, 11) is 0. The van der Waals surface area contributed by atoms with Crippen LogP contribution in [0.4, 0.5) is 11.4 Å². The van der Waals surface area contributed by atoms with Gasteiger partial charge in [-0.25, -0.2) is 14.5 Å². The molecule has 2 bridgehead atoms. The van der Waals surface area contributed by atoms with Crippen LogP contribution in [0.15, 0.2) is 97.1 Å². The molecule has 0 unspecified atom stereocenters. The minimum absolute atomic E-state index is 0.00738. The van der Waals surface area contributed by atoms with Crippen molar-refractivity contribution in [3.8, 4) is 0 Å². The zero-order valence-electron chi connectivity index (χ0n) is 25.0. The van der Waals surface area contributed by atoms with E-state index >= 15 is 0 Å². The standard InChI is InChI=1S/C37H30N2O7/c1-2-19-45-36(43)21-15-17-22(18-16-21)38-29(40)20-46-37(44)27-13-7-8-14-28(27)39-34(41)32-30-23-9-3-4-10-24(23)31(33(32)35(39)42)26-12-6-5-11-25(26)30/h3-18,30-33H,2,19-20H2,1H3,(H,38,40)/t30?,31?,32-,33-/m1/s1. The molecular weight excluding hydrogens is 584 g/mol. The number of para-hydroxylation sites is 1. The van der Waals surface area contributed by atoms with E-state index in [2.05, 4.69) is 5.32 Å². The molecule has 1 heterocycles. The zero-order chi connectivity index (χ0) is 31.9. The number of benzene rings is 4. The van der Waals surface area contributed by atoms with Gasteiger partial charge in [-0.15, -0.1) is 0 Å². The number of ether oxygens (including phenoxy) is 2. The molecule has 230 valence electrons. The second-order valence-electron chi connectivity index (χ2n) is 11.6. The van der Waals surface area contributed by atoms with E-state index in [1.165, 1.54) is 18.2 Å². The van der Waals surface area contributed by atoms with Crippen molar-refractivity contribution >= 4 is 41.0 Å². The second-order valence-corrected chi connectivity index (χ2v) is 11.6. The van der Waals surface area contributed by atoms with Gasteiger partial charge in [0, 0.05) is 17.5 Å². The molecule has 0 saturated carbocycles. The van der Waals surface area contributed by atoms with Gasteiger partial charge in [-0.3, -0.25) is 14.4 Å². The molecule has 0 radical (unpaired) electrons. The molecule has 9 nitrogen and oxygen atoms in total. The number of carbonyl (C=O) groups is 5. The Morgan fingerprint density at radius 2 is 1.20 bits per heavy atom. The van der Waals surface area contributed by atoms with Gasteiger partial charge in [-0.1, -0.05) is 67.6 Å². The molecular formula is C37H30N2O7. The molecule has 4 aromatic rings. The van der Waals surface area contributed by atoms with Crippen LogP contribution in [0.2, 0.25) is 0 Å². The Kier molecular flexibility index (Phi) is 7.44. The number of amides is 3. The van der Waals surface area contributed by atoms with Gasteiger partial charge in [0.15, 0.2) is 6.61 Å². The Bertz CT molecular complexity index is 1780. The summed E-state index contributed by atoms with van der Waals surface area (Å²) in [5.41, 5.74) is 5.12. The van der Waals surface area contributed by atoms with Crippen LogP contribution in [0.1, 0.15) is 68.2 Å². The number of hydrogen-bond donors (Lipinski definition) is 1. The summed E-state index contributed by atoms with van der Waals surface area (Å²) in [5.74, 6) is -4.35. The fourth-order valence-electron chi connectivity index (χ4n) is 7.13. The van der Waals surface area contributed by atoms with Gasteiger partial charge in [-0.2, -0.15) is 0 Å². The van der Waals surface area contributed by atoms with Crippen LogP contribution in [0.5, 0.6) is 0 Å². The molecule has 1 saturated heterocycles. The third-order valence-corrected chi connectivity index (χ3v) is 8.99. The van der Waals surface area contributed by atoms with E-state index in [1.54, 1.807) is 30.3 Å². The molecule has 1 aliphatic heterocycles. The summed E-state index contributed by atoms with van der Waals surface area (Å²) < 4.78 is 10.4. The van der Waals surface area contributed by atoms with Crippen molar-refractivity contribution in [3.63, 3.8) is 0 Å². The maximum Gasteiger partial charge on any atom is 0.340 e. The van der Waals surface area contributed by atoms with E-state index in [4.69, 9.17) is 9.47 Å². The molecule has 0 aromatic heterocycles. The van der Waals surface area contributed by atoms with Gasteiger partial charge in [0.1, 0.15) is 0 Å². The average Bonchev–Trinajstić information content (AvgIpc) is 3.36. The molecule has 4 aromatic carbocycles. The first-order valence-corrected chi connectivity index (χ1v) is 15.3. The van der Waals surface area contributed by atoms with Crippen molar-refractivity contribution in [1.29, 1.82) is 0 Å². The topological polar surface area (TPSA) is 119 Å². The number of rotatable bonds is 8. The van der Waals surface area contributed by atoms with Crippen LogP contribution in [0.25, 0.3) is 0 Å². The first-order chi connectivity index (χ1) is 22.4. The van der Waals surface area contributed by atoms with Gasteiger partial charge in [0.25, 0.3) is 5.91 Å². The maximum atomic E-state index is 14.2. The number of nitrogens with zero attached hydrogens (tertiary/aromatic N) is 1. The van der Waals surface area contributed by atoms with Crippen LogP contribution in [-0.2, 0) is 23.9 Å². The lowest BCUT2D eigenvalue weighted by atomic mass is 9.55. The van der Waals surface area contributed by atoms with E-state index < -0.39 is 36.3 Å². The predicted molar refractivity (Wildman–Crippen MR) is 168 cm³/mol. The van der Waals surface area contributed by atoms with Gasteiger partial charge in [-0.05, 0) is 65.1 Å². The van der Waals surface area contributed by atoms with Crippen LogP contribution in [0.3, 0.4) is 0 Å². The maximum absolute atomic E-state index is 14.2. The highest BCUT2D eigenvalue weighted by molar-refractivity contribution is 6.25. The highest BCUT2D eigenvalue weighted by atomic mass is 16.5. The molecule has 4 aliphatic rings. The summed E-state index contributed by atoms with van der Waals surface area (Å²) in [6.45, 7) is 1.61. The van der Waals surface area contributed by atoms with E-state index in [0.717, 1.165) is 27.2 Å². The van der Waals surface area contributed by atoms with Crippen LogP contribution in [0, 0.1) is 11.8 Å². The number of imide groups is 1. The average molecular weight is 615 g/mol. The Hall–Kier alpha value is -5.57. The highest BCUT2D eigenvalue weighted by Crippen LogP contribution is 2.61. The summed E-state index contributed by atoms with van der Waals surface area (Å²) in [6, 6.07) is 28.4. The molecule has 8 rings (SSSR count). The molecule has 3 aliphatic carbocycles. The summed E-state index contributed by atoms with van der Waals surface area (Å²) in [6.07, 6.45) is 0.708. The van der Waals surface area contributed by atoms with Crippen LogP contribution in [-0.4, -0.2) is 42.9 Å². The van der Waals surface area contributed by atoms with E-state index in [9.17, 15) is 24.0 Å². The van der Waals surface area contributed by atoms with E-state index in [0.29, 0.717) is 24.3 Å². The summed E-state index contributed by atoms with van der Waals surface area (Å²) in [5, 5.41) is 2.62. The quantitative estimate of drug-likeness (QED) is 0.207. The molecule has 9 heteroatoms. The Labute approximate surface area is 265 Å². The number of carbonyl (C=O) groups excluding carboxylic acids is 5. The van der Waals surface area contributed by atoms with E-state index in [-0.39, 0.29) is 34.9 Å². The Morgan fingerprint density at radius 1 is 0.674 bits per heavy atom. The first kappa shape index (κ1) is 29.2. The van der Waals surface area contributed by atoms with Gasteiger partial charge >= 0.3 is 11.9 Å². The normalized spacial score (nSPS) is 20.4. The molecule has 0 spiro atoms. The Morgan fingerprint density at radius 3 is 1.74 bits per heavy atom. The van der Waals surface area contributed by atoms with Gasteiger partial charge in [0.05, 0.1) is 35.3 Å². The van der Waals surface area contributed by atoms with Crippen LogP contribution < -0.4 is 10.2 Å².